The minimum atomic E-state index is -0.251. The predicted molar refractivity (Wildman–Crippen MR) is 106 cm³/mol. The first-order valence-electron chi connectivity index (χ1n) is 8.98. The number of methoxy groups -OCH3 is 1. The third kappa shape index (κ3) is 3.62. The number of benzene rings is 2. The summed E-state index contributed by atoms with van der Waals surface area (Å²) in [5.74, 6) is 1.19. The Morgan fingerprint density at radius 2 is 1.78 bits per heavy atom. The van der Waals surface area contributed by atoms with Gasteiger partial charge in [0.2, 0.25) is 0 Å². The third-order valence-corrected chi connectivity index (χ3v) is 4.78. The number of hydrogen-bond donors (Lipinski definition) is 1. The fourth-order valence-electron chi connectivity index (χ4n) is 3.35. The van der Waals surface area contributed by atoms with Crippen LogP contribution in [0.25, 0.3) is 0 Å². The Labute approximate surface area is 158 Å². The Bertz CT molecular complexity index is 971. The van der Waals surface area contributed by atoms with Gasteiger partial charge >= 0.3 is 0 Å². The Morgan fingerprint density at radius 1 is 1.00 bits per heavy atom. The third-order valence-electron chi connectivity index (χ3n) is 4.78. The highest BCUT2D eigenvalue weighted by Crippen LogP contribution is 2.25. The van der Waals surface area contributed by atoms with E-state index in [9.17, 15) is 4.79 Å². The van der Waals surface area contributed by atoms with Crippen LogP contribution in [0.15, 0.2) is 66.7 Å². The number of nitrogens with zero attached hydrogens (tertiary/aromatic N) is 2. The lowest BCUT2D eigenvalue weighted by molar-refractivity contribution is 0.102. The zero-order valence-corrected chi connectivity index (χ0v) is 15.2. The number of carbonyl (C=O) groups is 1. The van der Waals surface area contributed by atoms with Crippen molar-refractivity contribution >= 4 is 17.4 Å². The van der Waals surface area contributed by atoms with Crippen LogP contribution in [0, 0.1) is 0 Å². The van der Waals surface area contributed by atoms with Gasteiger partial charge in [-0.1, -0.05) is 42.5 Å². The van der Waals surface area contributed by atoms with Gasteiger partial charge in [0.15, 0.2) is 0 Å². The van der Waals surface area contributed by atoms with Gasteiger partial charge in [0.1, 0.15) is 17.3 Å². The van der Waals surface area contributed by atoms with Gasteiger partial charge in [-0.3, -0.25) is 4.79 Å². The Balaban J connectivity index is 1.53. The van der Waals surface area contributed by atoms with Gasteiger partial charge in [-0.05, 0) is 41.8 Å². The molecule has 5 nitrogen and oxygen atoms in total. The van der Waals surface area contributed by atoms with E-state index in [2.05, 4.69) is 39.5 Å². The van der Waals surface area contributed by atoms with Crippen LogP contribution in [0.5, 0.6) is 5.75 Å². The molecule has 0 aliphatic carbocycles. The molecule has 136 valence electrons. The van der Waals surface area contributed by atoms with Crippen molar-refractivity contribution in [2.45, 2.75) is 13.0 Å². The number of ether oxygens (including phenoxy) is 1. The smallest absolute Gasteiger partial charge is 0.274 e. The van der Waals surface area contributed by atoms with E-state index in [1.165, 1.54) is 11.1 Å². The quantitative estimate of drug-likeness (QED) is 0.767. The van der Waals surface area contributed by atoms with E-state index in [0.717, 1.165) is 25.3 Å². The molecule has 0 radical (unpaired) electrons. The number of rotatable bonds is 4. The van der Waals surface area contributed by atoms with Gasteiger partial charge in [-0.15, -0.1) is 0 Å². The number of amides is 1. The SMILES string of the molecule is COc1ccccc1NC(=O)c1cccc(N2CCc3ccccc3C2)n1. The molecule has 1 aliphatic rings. The number of nitrogens with one attached hydrogen (secondary N) is 1. The summed E-state index contributed by atoms with van der Waals surface area (Å²) in [6.45, 7) is 1.70. The number of pyridine rings is 1. The van der Waals surface area contributed by atoms with Crippen molar-refractivity contribution in [2.75, 3.05) is 23.9 Å². The molecule has 0 atom stereocenters. The summed E-state index contributed by atoms with van der Waals surface area (Å²) in [6.07, 6.45) is 0.982. The lowest BCUT2D eigenvalue weighted by Crippen LogP contribution is -2.31. The van der Waals surface area contributed by atoms with Crippen LogP contribution < -0.4 is 15.0 Å². The maximum Gasteiger partial charge on any atom is 0.274 e. The van der Waals surface area contributed by atoms with Crippen molar-refractivity contribution in [1.82, 2.24) is 4.98 Å². The first kappa shape index (κ1) is 17.1. The molecule has 1 aromatic heterocycles. The molecule has 27 heavy (non-hydrogen) atoms. The Kier molecular flexibility index (Phi) is 4.75. The first-order chi connectivity index (χ1) is 13.2. The molecule has 0 fully saturated rings. The van der Waals surface area contributed by atoms with Crippen LogP contribution in [0.4, 0.5) is 11.5 Å². The second kappa shape index (κ2) is 7.50. The average Bonchev–Trinajstić information content (AvgIpc) is 2.74. The van der Waals surface area contributed by atoms with E-state index >= 15 is 0 Å². The second-order valence-electron chi connectivity index (χ2n) is 6.48. The zero-order valence-electron chi connectivity index (χ0n) is 15.2. The van der Waals surface area contributed by atoms with Crippen molar-refractivity contribution in [3.63, 3.8) is 0 Å². The van der Waals surface area contributed by atoms with Gasteiger partial charge < -0.3 is 15.0 Å². The van der Waals surface area contributed by atoms with E-state index in [4.69, 9.17) is 4.74 Å². The minimum Gasteiger partial charge on any atom is -0.495 e. The molecule has 0 unspecified atom stereocenters. The van der Waals surface area contributed by atoms with Crippen molar-refractivity contribution < 1.29 is 9.53 Å². The van der Waals surface area contributed by atoms with Crippen molar-refractivity contribution in [3.8, 4) is 5.75 Å². The minimum absolute atomic E-state index is 0.251. The molecule has 2 aromatic carbocycles. The summed E-state index contributed by atoms with van der Waals surface area (Å²) in [7, 11) is 1.58. The lowest BCUT2D eigenvalue weighted by Gasteiger charge is -2.30. The van der Waals surface area contributed by atoms with Gasteiger partial charge in [0, 0.05) is 13.1 Å². The van der Waals surface area contributed by atoms with Gasteiger partial charge in [-0.2, -0.15) is 0 Å². The van der Waals surface area contributed by atoms with Crippen LogP contribution in [-0.2, 0) is 13.0 Å². The highest BCUT2D eigenvalue weighted by Gasteiger charge is 2.18. The van der Waals surface area contributed by atoms with Gasteiger partial charge in [0.25, 0.3) is 5.91 Å². The van der Waals surface area contributed by atoms with Crippen LogP contribution in [0.2, 0.25) is 0 Å². The molecule has 1 amide bonds. The largest absolute Gasteiger partial charge is 0.495 e. The maximum atomic E-state index is 12.7. The zero-order chi connectivity index (χ0) is 18.6. The Hall–Kier alpha value is -3.34. The fourth-order valence-corrected chi connectivity index (χ4v) is 3.35. The molecule has 0 spiro atoms. The standard InChI is InChI=1S/C22H21N3O2/c1-27-20-11-5-4-9-18(20)24-22(26)19-10-6-12-21(23-19)25-14-13-16-7-2-3-8-17(16)15-25/h2-12H,13-15H2,1H3,(H,24,26). The van der Waals surface area contributed by atoms with Crippen molar-refractivity contribution in [3.05, 3.63) is 83.6 Å². The molecule has 0 bridgehead atoms. The van der Waals surface area contributed by atoms with Crippen LogP contribution >= 0.6 is 0 Å². The van der Waals surface area contributed by atoms with Crippen molar-refractivity contribution in [2.24, 2.45) is 0 Å². The summed E-state index contributed by atoms with van der Waals surface area (Å²) < 4.78 is 5.29. The number of carbonyl (C=O) groups excluding carboxylic acids is 1. The summed E-state index contributed by atoms with van der Waals surface area (Å²) in [5.41, 5.74) is 3.72. The summed E-state index contributed by atoms with van der Waals surface area (Å²) in [5, 5.41) is 2.88. The van der Waals surface area contributed by atoms with Crippen molar-refractivity contribution in [1.29, 1.82) is 0 Å². The predicted octanol–water partition coefficient (Wildman–Crippen LogP) is 3.91. The molecule has 1 N–H and O–H groups in total. The fraction of sp³-hybridized carbons (Fsp3) is 0.182. The molecule has 2 heterocycles. The highest BCUT2D eigenvalue weighted by atomic mass is 16.5. The van der Waals surface area contributed by atoms with Crippen LogP contribution in [0.3, 0.4) is 0 Å². The molecule has 5 heteroatoms. The number of para-hydroxylation sites is 2. The number of fused-ring (bicyclic) bond motifs is 1. The molecule has 1 aliphatic heterocycles. The summed E-state index contributed by atoms with van der Waals surface area (Å²) in [6, 6.07) is 21.4. The average molecular weight is 359 g/mol. The molecule has 4 rings (SSSR count). The molecule has 0 saturated heterocycles. The number of anilines is 2. The lowest BCUT2D eigenvalue weighted by atomic mass is 10.00. The van der Waals surface area contributed by atoms with E-state index < -0.39 is 0 Å². The highest BCUT2D eigenvalue weighted by molar-refractivity contribution is 6.03. The van der Waals surface area contributed by atoms with Crippen LogP contribution in [0.1, 0.15) is 21.6 Å². The molecular formula is C22H21N3O2. The summed E-state index contributed by atoms with van der Waals surface area (Å²) in [4.78, 5) is 19.5. The number of hydrogen-bond acceptors (Lipinski definition) is 4. The first-order valence-corrected chi connectivity index (χ1v) is 8.98. The van der Waals surface area contributed by atoms with Gasteiger partial charge in [0.05, 0.1) is 12.8 Å². The monoisotopic (exact) mass is 359 g/mol. The second-order valence-corrected chi connectivity index (χ2v) is 6.48. The van der Waals surface area contributed by atoms with E-state index in [1.807, 2.05) is 36.4 Å². The molecule has 0 saturated carbocycles. The van der Waals surface area contributed by atoms with E-state index in [-0.39, 0.29) is 5.91 Å². The molecule has 3 aromatic rings. The number of aromatic nitrogens is 1. The van der Waals surface area contributed by atoms with Crippen LogP contribution in [-0.4, -0.2) is 24.5 Å². The van der Waals surface area contributed by atoms with E-state index in [1.54, 1.807) is 13.2 Å². The Morgan fingerprint density at radius 3 is 2.63 bits per heavy atom. The van der Waals surface area contributed by atoms with Gasteiger partial charge in [-0.25, -0.2) is 4.98 Å². The topological polar surface area (TPSA) is 54.5 Å². The summed E-state index contributed by atoms with van der Waals surface area (Å²) >= 11 is 0. The molecular weight excluding hydrogens is 338 g/mol. The van der Waals surface area contributed by atoms with E-state index in [0.29, 0.717) is 17.1 Å². The maximum absolute atomic E-state index is 12.7. The normalized spacial score (nSPS) is 13.0.